The number of hydrogen-bond donors (Lipinski definition) is 2. The van der Waals surface area contributed by atoms with Gasteiger partial charge in [-0.3, -0.25) is 14.4 Å². The molecule has 3 rings (SSSR count). The fourth-order valence-corrected chi connectivity index (χ4v) is 3.96. The van der Waals surface area contributed by atoms with Crippen LogP contribution in [0.25, 0.3) is 0 Å². The van der Waals surface area contributed by atoms with Crippen LogP contribution in [0.3, 0.4) is 0 Å². The Morgan fingerprint density at radius 1 is 1.27 bits per heavy atom. The average Bonchev–Trinajstić information content (AvgIpc) is 3.33. The molecule has 0 aliphatic carbocycles. The van der Waals surface area contributed by atoms with E-state index in [4.69, 9.17) is 9.15 Å². The van der Waals surface area contributed by atoms with Crippen molar-refractivity contribution in [3.63, 3.8) is 0 Å². The molecule has 1 fully saturated rings. The van der Waals surface area contributed by atoms with E-state index in [9.17, 15) is 14.4 Å². The van der Waals surface area contributed by atoms with E-state index >= 15 is 0 Å². The van der Waals surface area contributed by atoms with E-state index in [1.165, 1.54) is 30.4 Å². The highest BCUT2D eigenvalue weighted by Gasteiger charge is 2.47. The lowest BCUT2D eigenvalue weighted by molar-refractivity contribution is -0.130. The maximum absolute atomic E-state index is 13.0. The topological polar surface area (TPSA) is 97.6 Å². The zero-order valence-corrected chi connectivity index (χ0v) is 17.2. The second kappa shape index (κ2) is 10.4. The van der Waals surface area contributed by atoms with E-state index in [2.05, 4.69) is 10.6 Å². The van der Waals surface area contributed by atoms with Crippen molar-refractivity contribution in [3.8, 4) is 0 Å². The van der Waals surface area contributed by atoms with Gasteiger partial charge in [0.05, 0.1) is 17.9 Å². The number of hydrogen-bond acceptors (Lipinski definition) is 6. The summed E-state index contributed by atoms with van der Waals surface area (Å²) in [6, 6.07) is 10.6. The average molecular weight is 433 g/mol. The maximum Gasteiger partial charge on any atom is 0.255 e. The third kappa shape index (κ3) is 5.52. The molecule has 1 aliphatic heterocycles. The highest BCUT2D eigenvalue weighted by molar-refractivity contribution is 7.98. The number of amides is 2. The third-order valence-corrected chi connectivity index (χ3v) is 6.15. The van der Waals surface area contributed by atoms with Crippen LogP contribution in [0.4, 0.5) is 0 Å². The third-order valence-electron chi connectivity index (χ3n) is 5.04. The summed E-state index contributed by atoms with van der Waals surface area (Å²) in [4.78, 5) is 37.6. The quantitative estimate of drug-likeness (QED) is 0.666. The van der Waals surface area contributed by atoms with Crippen molar-refractivity contribution in [2.45, 2.75) is 44.7 Å². The first-order valence-electron chi connectivity index (χ1n) is 9.32. The summed E-state index contributed by atoms with van der Waals surface area (Å²) in [6.45, 7) is 3.36. The van der Waals surface area contributed by atoms with Crippen molar-refractivity contribution >= 4 is 29.4 Å². The van der Waals surface area contributed by atoms with Crippen molar-refractivity contribution in [3.05, 3.63) is 60.1 Å². The molecular weight excluding hydrogens is 404 g/mol. The molecule has 1 aromatic heterocycles. The summed E-state index contributed by atoms with van der Waals surface area (Å²) in [5, 5.41) is 5.53. The molecule has 3 atom stereocenters. The van der Waals surface area contributed by atoms with Gasteiger partial charge in [-0.25, -0.2) is 0 Å². The number of thioether (sulfide) groups is 1. The highest BCUT2D eigenvalue weighted by atomic mass is 32.2. The van der Waals surface area contributed by atoms with Crippen molar-refractivity contribution in [2.24, 2.45) is 0 Å². The number of Topliss-reactive ketones (excluding diaryl/α,β-unsaturated/α-hetero) is 1. The number of furan rings is 1. The van der Waals surface area contributed by atoms with Gasteiger partial charge in [0.2, 0.25) is 5.91 Å². The summed E-state index contributed by atoms with van der Waals surface area (Å²) in [5.41, 5.74) is 0.341. The van der Waals surface area contributed by atoms with Gasteiger partial charge in [-0.15, -0.1) is 0 Å². The zero-order chi connectivity index (χ0) is 20.9. The molecule has 1 saturated heterocycles. The number of rotatable bonds is 8. The van der Waals surface area contributed by atoms with Gasteiger partial charge in [0.25, 0.3) is 5.91 Å². The van der Waals surface area contributed by atoms with Gasteiger partial charge in [0, 0.05) is 11.5 Å². The molecular formula is C22H28N2O5S. The maximum atomic E-state index is 13.0. The Kier molecular flexibility index (Phi) is 8.25. The van der Waals surface area contributed by atoms with Gasteiger partial charge in [0.1, 0.15) is 24.5 Å². The molecule has 0 spiro atoms. The minimum atomic E-state index is -1.11. The fraction of sp³-hybridized carbons (Fsp3) is 0.409. The van der Waals surface area contributed by atoms with Crippen LogP contribution >= 0.6 is 11.8 Å². The molecule has 2 heterocycles. The number of carbonyl (C=O) groups is 3. The zero-order valence-electron chi connectivity index (χ0n) is 16.3. The fourth-order valence-electron chi connectivity index (χ4n) is 2.95. The van der Waals surface area contributed by atoms with E-state index in [1.807, 2.05) is 30.3 Å². The van der Waals surface area contributed by atoms with Gasteiger partial charge in [-0.2, -0.15) is 11.8 Å². The van der Waals surface area contributed by atoms with Crippen molar-refractivity contribution in [1.29, 1.82) is 0 Å². The van der Waals surface area contributed by atoms with Crippen LogP contribution in [0.5, 0.6) is 0 Å². The van der Waals surface area contributed by atoms with Gasteiger partial charge in [-0.1, -0.05) is 37.8 Å². The summed E-state index contributed by atoms with van der Waals surface area (Å²) >= 11 is 1.53. The molecule has 0 bridgehead atoms. The van der Waals surface area contributed by atoms with Crippen LogP contribution in [0.15, 0.2) is 53.3 Å². The standard InChI is InChI=1S/C21H24N2O5S.CH4/c1-14-21(2,18(24)11-28-14)23-20(26)17(22-19(25)16-8-9-27-10-16)13-29-12-15-6-4-3-5-7-15;/h3-10,14,17H,11-13H2,1-2H3,(H,22,25)(H,23,26);1H4/t14-,17+,21-;/m1./s1. The number of ether oxygens (including phenoxy) is 1. The van der Waals surface area contributed by atoms with Gasteiger partial charge >= 0.3 is 0 Å². The number of benzene rings is 1. The monoisotopic (exact) mass is 432 g/mol. The normalized spacial score (nSPS) is 21.5. The van der Waals surface area contributed by atoms with Crippen LogP contribution in [0, 0.1) is 0 Å². The summed E-state index contributed by atoms with van der Waals surface area (Å²) in [6.07, 6.45) is 2.27. The van der Waals surface area contributed by atoms with Crippen LogP contribution in [0.1, 0.15) is 37.2 Å². The van der Waals surface area contributed by atoms with Crippen LogP contribution < -0.4 is 10.6 Å². The highest BCUT2D eigenvalue weighted by Crippen LogP contribution is 2.22. The first-order valence-corrected chi connectivity index (χ1v) is 10.5. The lowest BCUT2D eigenvalue weighted by Crippen LogP contribution is -2.60. The van der Waals surface area contributed by atoms with Crippen LogP contribution in [-0.4, -0.2) is 47.6 Å². The Bertz CT molecular complexity index is 856. The summed E-state index contributed by atoms with van der Waals surface area (Å²) in [5.74, 6) is 0.0309. The molecule has 7 nitrogen and oxygen atoms in total. The molecule has 1 aromatic carbocycles. The lowest BCUT2D eigenvalue weighted by Gasteiger charge is -2.29. The van der Waals surface area contributed by atoms with Crippen LogP contribution in [0.2, 0.25) is 0 Å². The molecule has 1 aliphatic rings. The Balaban J connectivity index is 0.00000320. The van der Waals surface area contributed by atoms with Gasteiger partial charge in [-0.05, 0) is 25.5 Å². The number of ketones is 1. The smallest absolute Gasteiger partial charge is 0.255 e. The van der Waals surface area contributed by atoms with Gasteiger partial charge < -0.3 is 19.8 Å². The largest absolute Gasteiger partial charge is 0.472 e. The predicted octanol–water partition coefficient (Wildman–Crippen LogP) is 2.81. The minimum absolute atomic E-state index is 0. The Hall–Kier alpha value is -2.58. The predicted molar refractivity (Wildman–Crippen MR) is 116 cm³/mol. The second-order valence-corrected chi connectivity index (χ2v) is 8.14. The number of carbonyl (C=O) groups excluding carboxylic acids is 3. The Morgan fingerprint density at radius 2 is 2.00 bits per heavy atom. The van der Waals surface area contributed by atoms with E-state index in [-0.39, 0.29) is 19.8 Å². The summed E-state index contributed by atoms with van der Waals surface area (Å²) in [7, 11) is 0. The van der Waals surface area contributed by atoms with E-state index in [0.29, 0.717) is 17.1 Å². The lowest BCUT2D eigenvalue weighted by atomic mass is 9.93. The van der Waals surface area contributed by atoms with Crippen molar-refractivity contribution < 1.29 is 23.5 Å². The molecule has 8 heteroatoms. The van der Waals surface area contributed by atoms with Gasteiger partial charge in [0.15, 0.2) is 5.78 Å². The van der Waals surface area contributed by atoms with E-state index in [0.717, 1.165) is 5.56 Å². The molecule has 0 unspecified atom stereocenters. The van der Waals surface area contributed by atoms with Crippen molar-refractivity contribution in [2.75, 3.05) is 12.4 Å². The SMILES string of the molecule is C.C[C@H]1OCC(=O)[C@]1(C)NC(=O)[C@H](CSCc1ccccc1)NC(=O)c1ccoc1. The Labute approximate surface area is 180 Å². The van der Waals surface area contributed by atoms with Crippen molar-refractivity contribution in [1.82, 2.24) is 10.6 Å². The molecule has 2 aromatic rings. The molecule has 2 N–H and O–H groups in total. The number of nitrogens with one attached hydrogen (secondary N) is 2. The second-order valence-electron chi connectivity index (χ2n) is 7.11. The molecule has 162 valence electrons. The molecule has 0 radical (unpaired) electrons. The van der Waals surface area contributed by atoms with E-state index in [1.54, 1.807) is 13.8 Å². The summed E-state index contributed by atoms with van der Waals surface area (Å²) < 4.78 is 10.3. The minimum Gasteiger partial charge on any atom is -0.472 e. The molecule has 0 saturated carbocycles. The first kappa shape index (κ1) is 23.7. The molecule has 30 heavy (non-hydrogen) atoms. The van der Waals surface area contributed by atoms with E-state index < -0.39 is 29.5 Å². The Morgan fingerprint density at radius 3 is 2.60 bits per heavy atom. The van der Waals surface area contributed by atoms with Crippen LogP contribution in [-0.2, 0) is 20.1 Å². The molecule has 2 amide bonds. The first-order chi connectivity index (χ1) is 13.9.